The zero-order chi connectivity index (χ0) is 11.5. The van der Waals surface area contributed by atoms with E-state index in [-0.39, 0.29) is 29.9 Å². The lowest BCUT2D eigenvalue weighted by Crippen LogP contribution is -2.39. The molecular formula is C11H20N2O2. The average molecular weight is 212 g/mol. The monoisotopic (exact) mass is 212 g/mol. The lowest BCUT2D eigenvalue weighted by Gasteiger charge is -2.22. The number of rotatable bonds is 4. The lowest BCUT2D eigenvalue weighted by molar-refractivity contribution is -0.124. The fourth-order valence-corrected chi connectivity index (χ4v) is 1.44. The molecular weight excluding hydrogens is 192 g/mol. The molecule has 0 saturated heterocycles. The molecule has 0 aromatic rings. The first-order valence-corrected chi connectivity index (χ1v) is 5.27. The molecule has 1 aliphatic rings. The molecule has 0 fully saturated rings. The summed E-state index contributed by atoms with van der Waals surface area (Å²) in [4.78, 5) is 11.7. The molecule has 0 spiro atoms. The Balaban J connectivity index is 2.34. The Kier molecular flexibility index (Phi) is 3.88. The van der Waals surface area contributed by atoms with E-state index in [9.17, 15) is 4.79 Å². The van der Waals surface area contributed by atoms with Gasteiger partial charge < -0.3 is 16.2 Å². The number of nitrogens with two attached hydrogens (primary N) is 1. The lowest BCUT2D eigenvalue weighted by atomic mass is 9.94. The predicted molar refractivity (Wildman–Crippen MR) is 59.1 cm³/mol. The van der Waals surface area contributed by atoms with Crippen LogP contribution in [0.4, 0.5) is 0 Å². The summed E-state index contributed by atoms with van der Waals surface area (Å²) in [5, 5.41) is 11.9. The minimum atomic E-state index is -0.264. The van der Waals surface area contributed by atoms with Crippen molar-refractivity contribution < 1.29 is 9.90 Å². The molecule has 0 aliphatic heterocycles. The molecule has 4 heteroatoms. The minimum absolute atomic E-state index is 0.000671. The van der Waals surface area contributed by atoms with Crippen LogP contribution in [-0.4, -0.2) is 30.2 Å². The zero-order valence-electron chi connectivity index (χ0n) is 9.36. The van der Waals surface area contributed by atoms with Crippen LogP contribution < -0.4 is 11.1 Å². The number of carbonyl (C=O) groups is 1. The summed E-state index contributed by atoms with van der Waals surface area (Å²) in [7, 11) is 0. The van der Waals surface area contributed by atoms with Crippen LogP contribution in [0.3, 0.4) is 0 Å². The van der Waals surface area contributed by atoms with E-state index < -0.39 is 0 Å². The molecule has 2 unspecified atom stereocenters. The van der Waals surface area contributed by atoms with Gasteiger partial charge in [-0.25, -0.2) is 0 Å². The number of nitrogens with one attached hydrogen (secondary N) is 1. The molecule has 0 aromatic carbocycles. The number of aliphatic hydroxyl groups is 1. The van der Waals surface area contributed by atoms with Gasteiger partial charge in [0.05, 0.1) is 5.92 Å². The summed E-state index contributed by atoms with van der Waals surface area (Å²) in [6, 6.07) is 0.00611. The van der Waals surface area contributed by atoms with E-state index in [1.165, 1.54) is 0 Å². The highest BCUT2D eigenvalue weighted by molar-refractivity contribution is 5.81. The Hall–Kier alpha value is -0.870. The molecule has 1 amide bonds. The van der Waals surface area contributed by atoms with E-state index in [0.29, 0.717) is 13.0 Å². The van der Waals surface area contributed by atoms with Crippen LogP contribution in [0.1, 0.15) is 20.3 Å². The quantitative estimate of drug-likeness (QED) is 0.575. The van der Waals surface area contributed by atoms with Gasteiger partial charge in [-0.1, -0.05) is 26.0 Å². The summed E-state index contributed by atoms with van der Waals surface area (Å²) in [6.07, 6.45) is 4.40. The molecule has 4 nitrogen and oxygen atoms in total. The number of aliphatic hydroxyl groups excluding tert-OH is 1. The number of amides is 1. The third-order valence-electron chi connectivity index (χ3n) is 2.62. The molecule has 4 N–H and O–H groups in total. The van der Waals surface area contributed by atoms with Crippen molar-refractivity contribution >= 4 is 5.91 Å². The molecule has 2 atom stereocenters. The minimum Gasteiger partial charge on any atom is -0.396 e. The van der Waals surface area contributed by atoms with E-state index in [4.69, 9.17) is 10.8 Å². The summed E-state index contributed by atoms with van der Waals surface area (Å²) in [5.41, 5.74) is 5.40. The van der Waals surface area contributed by atoms with Crippen LogP contribution in [0, 0.1) is 11.3 Å². The first-order valence-electron chi connectivity index (χ1n) is 5.27. The molecule has 15 heavy (non-hydrogen) atoms. The number of hydrogen-bond acceptors (Lipinski definition) is 3. The van der Waals surface area contributed by atoms with Gasteiger partial charge in [0.15, 0.2) is 0 Å². The van der Waals surface area contributed by atoms with Crippen LogP contribution in [0.25, 0.3) is 0 Å². The van der Waals surface area contributed by atoms with E-state index in [1.807, 2.05) is 26.0 Å². The van der Waals surface area contributed by atoms with Gasteiger partial charge in [0, 0.05) is 24.6 Å². The summed E-state index contributed by atoms with van der Waals surface area (Å²) in [6.45, 7) is 4.36. The zero-order valence-corrected chi connectivity index (χ0v) is 9.36. The maximum absolute atomic E-state index is 11.7. The van der Waals surface area contributed by atoms with Crippen molar-refractivity contribution in [1.29, 1.82) is 0 Å². The highest BCUT2D eigenvalue weighted by Crippen LogP contribution is 2.17. The fraction of sp³-hybridized carbons (Fsp3) is 0.727. The molecule has 0 radical (unpaired) electrons. The van der Waals surface area contributed by atoms with Gasteiger partial charge in [0.25, 0.3) is 0 Å². The predicted octanol–water partition coefficient (Wildman–Crippen LogP) is 0.0245. The molecule has 0 aromatic heterocycles. The van der Waals surface area contributed by atoms with Crippen LogP contribution in [0.15, 0.2) is 12.2 Å². The van der Waals surface area contributed by atoms with Gasteiger partial charge in [-0.05, 0) is 6.42 Å². The van der Waals surface area contributed by atoms with Gasteiger partial charge in [0.2, 0.25) is 5.91 Å². The van der Waals surface area contributed by atoms with Gasteiger partial charge in [-0.15, -0.1) is 0 Å². The smallest absolute Gasteiger partial charge is 0.227 e. The van der Waals surface area contributed by atoms with Gasteiger partial charge >= 0.3 is 0 Å². The largest absolute Gasteiger partial charge is 0.396 e. The molecule has 0 heterocycles. The Labute approximate surface area is 90.5 Å². The standard InChI is InChI=1S/C11H20N2O2/c1-11(2,7-14)6-13-10(15)8-3-4-9(12)5-8/h3-4,8-9,14H,5-7,12H2,1-2H3,(H,13,15). The second kappa shape index (κ2) is 4.77. The SMILES string of the molecule is CC(C)(CO)CNC(=O)C1C=CC(N)C1. The third-order valence-corrected chi connectivity index (χ3v) is 2.62. The van der Waals surface area contributed by atoms with Gasteiger partial charge in [0.1, 0.15) is 0 Å². The second-order valence-corrected chi connectivity index (χ2v) is 4.93. The topological polar surface area (TPSA) is 75.3 Å². The normalized spacial score (nSPS) is 25.6. The summed E-state index contributed by atoms with van der Waals surface area (Å²) < 4.78 is 0. The maximum Gasteiger partial charge on any atom is 0.227 e. The molecule has 86 valence electrons. The van der Waals surface area contributed by atoms with E-state index in [1.54, 1.807) is 0 Å². The van der Waals surface area contributed by atoms with Crippen molar-refractivity contribution in [2.45, 2.75) is 26.3 Å². The van der Waals surface area contributed by atoms with Crippen LogP contribution in [0.5, 0.6) is 0 Å². The van der Waals surface area contributed by atoms with Crippen molar-refractivity contribution in [3.05, 3.63) is 12.2 Å². The van der Waals surface area contributed by atoms with Crippen LogP contribution in [0.2, 0.25) is 0 Å². The number of carbonyl (C=O) groups excluding carboxylic acids is 1. The van der Waals surface area contributed by atoms with Crippen molar-refractivity contribution in [3.8, 4) is 0 Å². The van der Waals surface area contributed by atoms with Crippen molar-refractivity contribution in [1.82, 2.24) is 5.32 Å². The molecule has 1 rings (SSSR count). The Morgan fingerprint density at radius 2 is 2.27 bits per heavy atom. The molecule has 1 aliphatic carbocycles. The van der Waals surface area contributed by atoms with Gasteiger partial charge in [-0.2, -0.15) is 0 Å². The van der Waals surface area contributed by atoms with Crippen molar-refractivity contribution in [2.24, 2.45) is 17.1 Å². The fourth-order valence-electron chi connectivity index (χ4n) is 1.44. The molecule has 0 bridgehead atoms. The van der Waals surface area contributed by atoms with Crippen LogP contribution in [-0.2, 0) is 4.79 Å². The first kappa shape index (κ1) is 12.2. The van der Waals surface area contributed by atoms with E-state index >= 15 is 0 Å². The number of hydrogen-bond donors (Lipinski definition) is 3. The van der Waals surface area contributed by atoms with Crippen molar-refractivity contribution in [2.75, 3.05) is 13.2 Å². The van der Waals surface area contributed by atoms with Crippen LogP contribution >= 0.6 is 0 Å². The Morgan fingerprint density at radius 1 is 1.60 bits per heavy atom. The maximum atomic E-state index is 11.7. The molecule has 0 saturated carbocycles. The van der Waals surface area contributed by atoms with E-state index in [2.05, 4.69) is 5.32 Å². The van der Waals surface area contributed by atoms with Crippen molar-refractivity contribution in [3.63, 3.8) is 0 Å². The highest BCUT2D eigenvalue weighted by Gasteiger charge is 2.24. The Bertz CT molecular complexity index is 261. The van der Waals surface area contributed by atoms with E-state index in [0.717, 1.165) is 0 Å². The average Bonchev–Trinajstić information content (AvgIpc) is 2.61. The Morgan fingerprint density at radius 3 is 2.73 bits per heavy atom. The van der Waals surface area contributed by atoms with Gasteiger partial charge in [-0.3, -0.25) is 4.79 Å². The second-order valence-electron chi connectivity index (χ2n) is 4.93. The third kappa shape index (κ3) is 3.64. The summed E-state index contributed by atoms with van der Waals surface area (Å²) in [5.74, 6) is -0.102. The highest BCUT2D eigenvalue weighted by atomic mass is 16.3. The first-order chi connectivity index (χ1) is 6.94. The summed E-state index contributed by atoms with van der Waals surface area (Å²) >= 11 is 0.